The molecule has 0 bridgehead atoms. The highest BCUT2D eigenvalue weighted by atomic mass is 127. The fourth-order valence-corrected chi connectivity index (χ4v) is 14.7. The zero-order valence-corrected chi connectivity index (χ0v) is 64.9. The Balaban J connectivity index is 0.000000203. The van der Waals surface area contributed by atoms with Crippen molar-refractivity contribution in [3.63, 3.8) is 0 Å². The second-order valence-electron chi connectivity index (χ2n) is 24.0. The Morgan fingerprint density at radius 3 is 1.36 bits per heavy atom. The van der Waals surface area contributed by atoms with Crippen molar-refractivity contribution >= 4 is 188 Å². The molecule has 1 radical (unpaired) electrons. The lowest BCUT2D eigenvalue weighted by Gasteiger charge is -2.11. The number of benzene rings is 5. The summed E-state index contributed by atoms with van der Waals surface area (Å²) in [6.07, 6.45) is 11.3. The number of ketones is 3. The number of halogens is 7. The molecule has 0 unspecified atom stereocenters. The van der Waals surface area contributed by atoms with E-state index in [9.17, 15) is 28.8 Å². The molecular weight excluding hydrogens is 1670 g/mol. The van der Waals surface area contributed by atoms with Crippen LogP contribution in [0, 0.1) is 0 Å². The Hall–Kier alpha value is -4.64. The van der Waals surface area contributed by atoms with E-state index in [-0.39, 0.29) is 35.6 Å². The minimum absolute atomic E-state index is 0.000403. The van der Waals surface area contributed by atoms with Crippen LogP contribution in [-0.4, -0.2) is 149 Å². The van der Waals surface area contributed by atoms with Crippen LogP contribution >= 0.6 is 116 Å². The average molecular weight is 1750 g/mol. The van der Waals surface area contributed by atoms with E-state index in [1.54, 1.807) is 0 Å². The van der Waals surface area contributed by atoms with Gasteiger partial charge in [0.2, 0.25) is 11.8 Å². The number of carboxylic acids is 1. The second kappa shape index (κ2) is 39.8. The number of fused-ring (bicyclic) bond motifs is 5. The van der Waals surface area contributed by atoms with Gasteiger partial charge in [0.15, 0.2) is 17.3 Å². The van der Waals surface area contributed by atoms with Crippen LogP contribution in [0.15, 0.2) is 128 Å². The minimum atomic E-state index is -0.854. The Labute approximate surface area is 622 Å². The molecule has 5 aromatic carbocycles. The highest BCUT2D eigenvalue weighted by molar-refractivity contribution is 14.1. The number of allylic oxidation sites excluding steroid dienone is 8. The molecular formula is C72H81BBr3Cl2I2N6O9. The molecule has 0 aromatic heterocycles. The number of aliphatic carboxylic acids is 1. The van der Waals surface area contributed by atoms with Crippen molar-refractivity contribution in [1.29, 1.82) is 0 Å². The molecule has 95 heavy (non-hydrogen) atoms. The maximum absolute atomic E-state index is 13.4. The molecule has 5 aliphatic rings. The maximum atomic E-state index is 13.4. The number of Topliss-reactive ketones (excluding diaryl/α,β-unsaturated/α-hetero) is 3. The number of carbonyl (C=O) groups is 6. The van der Waals surface area contributed by atoms with E-state index in [1.165, 1.54) is 27.8 Å². The van der Waals surface area contributed by atoms with Crippen molar-refractivity contribution in [3.05, 3.63) is 194 Å². The molecule has 0 saturated heterocycles. The molecule has 0 spiro atoms. The Kier molecular flexibility index (Phi) is 33.3. The smallest absolute Gasteiger partial charge is 0.540 e. The number of hydrogen-bond acceptors (Lipinski definition) is 12. The second-order valence-corrected chi connectivity index (χ2v) is 30.2. The molecule has 23 heteroatoms. The van der Waals surface area contributed by atoms with Gasteiger partial charge in [-0.05, 0) is 253 Å². The summed E-state index contributed by atoms with van der Waals surface area (Å²) in [5.74, 6) is 0.201. The van der Waals surface area contributed by atoms with E-state index in [1.807, 2.05) is 131 Å². The van der Waals surface area contributed by atoms with Gasteiger partial charge in [0, 0.05) is 144 Å². The number of carboxylic acid groups (broad SMARTS) is 1. The van der Waals surface area contributed by atoms with E-state index < -0.39 is 5.97 Å². The molecule has 0 atom stereocenters. The fourth-order valence-electron chi connectivity index (χ4n) is 11.1. The van der Waals surface area contributed by atoms with Crippen molar-refractivity contribution in [2.75, 3.05) is 81.6 Å². The van der Waals surface area contributed by atoms with Crippen molar-refractivity contribution in [2.24, 2.45) is 5.73 Å². The third kappa shape index (κ3) is 25.2. The van der Waals surface area contributed by atoms with Crippen LogP contribution in [0.5, 0.6) is 0 Å². The molecule has 0 aliphatic heterocycles. The van der Waals surface area contributed by atoms with E-state index in [0.717, 1.165) is 139 Å². The monoisotopic (exact) mass is 1750 g/mol. The van der Waals surface area contributed by atoms with Gasteiger partial charge < -0.3 is 45.9 Å². The summed E-state index contributed by atoms with van der Waals surface area (Å²) < 4.78 is 10.1. The molecule has 0 saturated carbocycles. The quantitative estimate of drug-likeness (QED) is 0.0258. The van der Waals surface area contributed by atoms with Crippen LogP contribution in [0.1, 0.15) is 113 Å². The van der Waals surface area contributed by atoms with Gasteiger partial charge in [-0.2, -0.15) is 0 Å². The molecule has 5 aromatic rings. The summed E-state index contributed by atoms with van der Waals surface area (Å²) in [5, 5.41) is 24.3. The van der Waals surface area contributed by atoms with E-state index in [2.05, 4.69) is 133 Å². The molecule has 10 rings (SSSR count). The average Bonchev–Trinajstić information content (AvgIpc) is 1.62. The van der Waals surface area contributed by atoms with Crippen molar-refractivity contribution in [1.82, 2.24) is 25.3 Å². The van der Waals surface area contributed by atoms with Gasteiger partial charge in [-0.25, -0.2) is 0 Å². The first-order chi connectivity index (χ1) is 45.2. The molecule has 0 fully saturated rings. The highest BCUT2D eigenvalue weighted by Crippen LogP contribution is 2.44. The number of rotatable bonds is 26. The van der Waals surface area contributed by atoms with Gasteiger partial charge in [0.05, 0.1) is 5.76 Å². The lowest BCUT2D eigenvalue weighted by atomic mass is 9.94. The van der Waals surface area contributed by atoms with Crippen LogP contribution in [0.25, 0.3) is 28.9 Å². The van der Waals surface area contributed by atoms with Gasteiger partial charge in [-0.15, -0.1) is 0 Å². The number of amides is 2. The molecule has 2 amide bonds. The largest absolute Gasteiger partial charge is 0.569 e. The molecule has 15 nitrogen and oxygen atoms in total. The van der Waals surface area contributed by atoms with E-state index >= 15 is 0 Å². The van der Waals surface area contributed by atoms with Gasteiger partial charge in [0.25, 0.3) is 0 Å². The standard InChI is InChI=1S/C27H28BrClN2O2.C18H22BrIN2O2.C14H12BrIO3.C9H7BClO2.C4H12N2/c1-31(2)11-10-30-26(33)5-3-4-25(32)27-23-9-7-21(28)14-20(23)16-24(27)19-12-17-6-8-22(29)15-18(17)13-19;1-22(2)9-8-21-17(24)5-3-4-16(23)18-14-7-6-13(19)10-12(14)11-15(18)20;15-9-4-5-10-8(6-9)7-11(16)14(10)12(17)2-1-3-13(18)19;11-8-2-1-6-4-9(13-10-12)5-7(6)3-8;1-6(2)4-3-5/h6-9,13-15H,3-5,10-12,16H2,1-2H3,(H,30,33);6-7,10H,3-5,8-9,11H2,1-2H3,(H,21,24);4-6H,1-3,7H2,(H,18,19);1-3,5,12H,4H2;3-5H2,1-2H3. The van der Waals surface area contributed by atoms with E-state index in [4.69, 9.17) is 43.7 Å². The van der Waals surface area contributed by atoms with Crippen molar-refractivity contribution in [2.45, 2.75) is 89.9 Å². The Morgan fingerprint density at radius 1 is 0.526 bits per heavy atom. The normalized spacial score (nSPS) is 13.6. The summed E-state index contributed by atoms with van der Waals surface area (Å²) in [5.41, 5.74) is 21.1. The summed E-state index contributed by atoms with van der Waals surface area (Å²) in [6.45, 7) is 4.63. The summed E-state index contributed by atoms with van der Waals surface area (Å²) >= 11 is 27.0. The molecule has 6 N–H and O–H groups in total. The predicted octanol–water partition coefficient (Wildman–Crippen LogP) is 14.3. The van der Waals surface area contributed by atoms with Crippen LogP contribution in [0.2, 0.25) is 10.0 Å². The van der Waals surface area contributed by atoms with E-state index in [0.29, 0.717) is 83.6 Å². The maximum Gasteiger partial charge on any atom is 0.569 e. The van der Waals surface area contributed by atoms with Crippen LogP contribution in [-0.2, 0) is 65.5 Å². The van der Waals surface area contributed by atoms with Gasteiger partial charge in [-0.1, -0.05) is 107 Å². The third-order valence-electron chi connectivity index (χ3n) is 15.7. The lowest BCUT2D eigenvalue weighted by molar-refractivity contribution is -0.137. The number of nitrogens with one attached hydrogen (secondary N) is 2. The number of hydrogen-bond donors (Lipinski definition) is 5. The summed E-state index contributed by atoms with van der Waals surface area (Å²) in [6, 6.07) is 29.8. The molecule has 5 aliphatic carbocycles. The first-order valence-electron chi connectivity index (χ1n) is 31.2. The summed E-state index contributed by atoms with van der Waals surface area (Å²) in [4.78, 5) is 78.7. The zero-order valence-electron chi connectivity index (χ0n) is 54.4. The first kappa shape index (κ1) is 79.4. The highest BCUT2D eigenvalue weighted by Gasteiger charge is 2.31. The zero-order chi connectivity index (χ0) is 69.5. The Bertz CT molecular complexity index is 3800. The number of likely N-dealkylation sites (N-methyl/N-ethyl adjacent to an activating group) is 3. The number of nitrogens with zero attached hydrogens (tertiary/aromatic N) is 3. The Morgan fingerprint density at radius 2 is 0.937 bits per heavy atom. The molecule has 0 heterocycles. The van der Waals surface area contributed by atoms with Crippen molar-refractivity contribution < 1.29 is 43.6 Å². The number of carbonyl (C=O) groups excluding carboxylic acids is 5. The first-order valence-corrected chi connectivity index (χ1v) is 36.5. The number of nitrogens with two attached hydrogens (primary N) is 1. The van der Waals surface area contributed by atoms with Crippen molar-refractivity contribution in [3.8, 4) is 0 Å². The predicted molar refractivity (Wildman–Crippen MR) is 413 cm³/mol. The van der Waals surface area contributed by atoms with Gasteiger partial charge >= 0.3 is 13.7 Å². The minimum Gasteiger partial charge on any atom is -0.540 e. The van der Waals surface area contributed by atoms with Gasteiger partial charge in [-0.3, -0.25) is 28.8 Å². The topological polar surface area (TPSA) is 212 Å². The SMILES string of the molecule is CN(C)CCN.CN(C)CCNC(=O)CCCC(=O)C1=C(C2=Cc3cc(Cl)ccc3C2)Cc2cc(Br)ccc21.CN(C)CCNC(=O)CCCC(=O)C1=C(I)Cc2cc(Br)ccc21.O=C(O)CCCC(=O)C1=C(I)Cc2cc(Br)ccc21.O[B]OC1=Cc2cc(Cl)ccc2C1. The third-order valence-corrected chi connectivity index (χ3v) is 19.5. The van der Waals surface area contributed by atoms with Crippen LogP contribution in [0.3, 0.4) is 0 Å². The van der Waals surface area contributed by atoms with Gasteiger partial charge in [0.1, 0.15) is 0 Å². The fraction of sp³-hybridized carbons (Fsp3) is 0.361. The van der Waals surface area contributed by atoms with Crippen LogP contribution in [0.4, 0.5) is 0 Å². The lowest BCUT2D eigenvalue weighted by Crippen LogP contribution is -2.31. The van der Waals surface area contributed by atoms with Crippen LogP contribution < -0.4 is 16.4 Å². The molecule has 505 valence electrons. The summed E-state index contributed by atoms with van der Waals surface area (Å²) in [7, 11) is 12.6.